The van der Waals surface area contributed by atoms with Crippen molar-refractivity contribution >= 4 is 34.6 Å². The quantitative estimate of drug-likeness (QED) is 0.0601. The van der Waals surface area contributed by atoms with Crippen molar-refractivity contribution in [2.24, 2.45) is 9.98 Å². The standard InChI is InChI=1S/C58H60Cl2N4O2/c1-3-5-7-9-11-25-39-65-47-35-37-49(51(59)41-47)57-61-55(45-31-21-15-22-32-45)56(46-33-23-16-24-34-46)64(57)58(50-38-36-48(42-52(50)60)66-40-26-12-10-8-6-4-2)62-53(43-27-17-13-18-28-43)54(63-58)44-29-19-14-20-30-44/h13-24,27-38,41-42H,3-12,25-26,39-40H2,1-2H3. The fourth-order valence-electron chi connectivity index (χ4n) is 8.71. The summed E-state index contributed by atoms with van der Waals surface area (Å²) in [5.74, 6) is 0.464. The van der Waals surface area contributed by atoms with Gasteiger partial charge in [0.15, 0.2) is 0 Å². The summed E-state index contributed by atoms with van der Waals surface area (Å²) in [6.45, 7) is 5.72. The molecular formula is C58H60Cl2N4O2. The number of halogens is 2. The summed E-state index contributed by atoms with van der Waals surface area (Å²) in [7, 11) is 0. The first-order valence-corrected chi connectivity index (χ1v) is 24.7. The molecule has 0 radical (unpaired) electrons. The molecule has 0 saturated carbocycles. The molecule has 0 fully saturated rings. The lowest BCUT2D eigenvalue weighted by molar-refractivity contribution is 0.304. The molecule has 338 valence electrons. The van der Waals surface area contributed by atoms with Gasteiger partial charge in [-0.25, -0.2) is 15.0 Å². The third-order valence-corrected chi connectivity index (χ3v) is 12.8. The molecule has 0 spiro atoms. The second-order valence-electron chi connectivity index (χ2n) is 17.0. The molecule has 6 nitrogen and oxygen atoms in total. The van der Waals surface area contributed by atoms with E-state index in [9.17, 15) is 0 Å². The Hall–Kier alpha value is -5.95. The number of rotatable bonds is 23. The van der Waals surface area contributed by atoms with Gasteiger partial charge in [0.25, 0.3) is 5.79 Å². The Morgan fingerprint density at radius 1 is 0.470 bits per heavy atom. The summed E-state index contributed by atoms with van der Waals surface area (Å²) >= 11 is 15.0. The number of hydrogen-bond donors (Lipinski definition) is 0. The van der Waals surface area contributed by atoms with Gasteiger partial charge in [-0.15, -0.1) is 0 Å². The Bertz CT molecular complexity index is 2640. The first-order valence-electron chi connectivity index (χ1n) is 23.9. The zero-order valence-corrected chi connectivity index (χ0v) is 39.8. The Balaban J connectivity index is 1.35. The maximum absolute atomic E-state index is 7.61. The number of hydrogen-bond acceptors (Lipinski definition) is 5. The first kappa shape index (κ1) is 46.6. The molecular weight excluding hydrogens is 856 g/mol. The zero-order chi connectivity index (χ0) is 45.6. The van der Waals surface area contributed by atoms with E-state index < -0.39 is 5.79 Å². The van der Waals surface area contributed by atoms with E-state index in [0.717, 1.165) is 70.7 Å². The molecule has 7 aromatic rings. The average molecular weight is 916 g/mol. The van der Waals surface area contributed by atoms with E-state index in [2.05, 4.69) is 66.9 Å². The molecule has 6 aromatic carbocycles. The van der Waals surface area contributed by atoms with Crippen LogP contribution in [0.15, 0.2) is 168 Å². The summed E-state index contributed by atoms with van der Waals surface area (Å²) < 4.78 is 14.8. The molecule has 1 aliphatic rings. The predicted molar refractivity (Wildman–Crippen MR) is 276 cm³/mol. The Morgan fingerprint density at radius 2 is 0.909 bits per heavy atom. The van der Waals surface area contributed by atoms with E-state index in [4.69, 9.17) is 47.6 Å². The minimum Gasteiger partial charge on any atom is -0.494 e. The molecule has 0 N–H and O–H groups in total. The fourth-order valence-corrected chi connectivity index (χ4v) is 9.26. The van der Waals surface area contributed by atoms with Crippen LogP contribution in [0.2, 0.25) is 10.0 Å². The summed E-state index contributed by atoms with van der Waals surface area (Å²) in [5, 5.41) is 0.965. The van der Waals surface area contributed by atoms with Crippen LogP contribution in [-0.2, 0) is 5.79 Å². The third-order valence-electron chi connectivity index (χ3n) is 12.2. The lowest BCUT2D eigenvalue weighted by Gasteiger charge is -2.31. The second kappa shape index (κ2) is 23.0. The first-order chi connectivity index (χ1) is 32.5. The highest BCUT2D eigenvalue weighted by Crippen LogP contribution is 2.49. The van der Waals surface area contributed by atoms with E-state index in [1.165, 1.54) is 51.4 Å². The van der Waals surface area contributed by atoms with Crippen molar-refractivity contribution < 1.29 is 9.47 Å². The van der Waals surface area contributed by atoms with E-state index >= 15 is 0 Å². The molecule has 8 heteroatoms. The number of unbranched alkanes of at least 4 members (excludes halogenated alkanes) is 10. The van der Waals surface area contributed by atoms with Crippen molar-refractivity contribution in [3.63, 3.8) is 0 Å². The fraction of sp³-hybridized carbons (Fsp3) is 0.293. The SMILES string of the molecule is CCCCCCCCOc1ccc(-c2nc(-c3ccccc3)c(-c3ccccc3)n2C2(c3ccc(OCCCCCCCC)cc3Cl)N=C(c3ccccc3)C(c3ccccc3)=N2)c(Cl)c1. The van der Waals surface area contributed by atoms with E-state index in [0.29, 0.717) is 51.7 Å². The molecule has 0 amide bonds. The smallest absolute Gasteiger partial charge is 0.263 e. The number of benzene rings is 6. The minimum absolute atomic E-state index is 0.467. The highest BCUT2D eigenvalue weighted by atomic mass is 35.5. The van der Waals surface area contributed by atoms with Gasteiger partial charge in [-0.05, 0) is 49.2 Å². The van der Waals surface area contributed by atoms with Gasteiger partial charge >= 0.3 is 0 Å². The predicted octanol–water partition coefficient (Wildman–Crippen LogP) is 16.3. The molecule has 0 unspecified atom stereocenters. The van der Waals surface area contributed by atoms with Crippen molar-refractivity contribution in [2.45, 2.75) is 96.7 Å². The van der Waals surface area contributed by atoms with Gasteiger partial charge in [-0.3, -0.25) is 4.57 Å². The summed E-state index contributed by atoms with van der Waals surface area (Å²) in [4.78, 5) is 17.3. The minimum atomic E-state index is -1.53. The van der Waals surface area contributed by atoms with E-state index in [1.807, 2.05) is 109 Å². The molecule has 2 heterocycles. The molecule has 1 aromatic heterocycles. The molecule has 0 atom stereocenters. The highest BCUT2D eigenvalue weighted by Gasteiger charge is 2.46. The molecule has 1 aliphatic heterocycles. The monoisotopic (exact) mass is 914 g/mol. The lowest BCUT2D eigenvalue weighted by Crippen LogP contribution is -2.32. The molecule has 0 bridgehead atoms. The number of aliphatic imine (C=N–C) groups is 2. The second-order valence-corrected chi connectivity index (χ2v) is 17.8. The summed E-state index contributed by atoms with van der Waals surface area (Å²) in [6.07, 6.45) is 14.2. The van der Waals surface area contributed by atoms with Crippen LogP contribution < -0.4 is 9.47 Å². The molecule has 66 heavy (non-hydrogen) atoms. The van der Waals surface area contributed by atoms with Crippen LogP contribution in [0.4, 0.5) is 0 Å². The topological polar surface area (TPSA) is 61.0 Å². The van der Waals surface area contributed by atoms with Crippen LogP contribution in [0, 0.1) is 0 Å². The van der Waals surface area contributed by atoms with Gasteiger partial charge in [0.2, 0.25) is 0 Å². The van der Waals surface area contributed by atoms with Gasteiger partial charge in [0.05, 0.1) is 46.1 Å². The Kier molecular flexibility index (Phi) is 16.2. The molecule has 0 aliphatic carbocycles. The zero-order valence-electron chi connectivity index (χ0n) is 38.3. The normalized spacial score (nSPS) is 13.1. The van der Waals surface area contributed by atoms with Crippen LogP contribution >= 0.6 is 23.2 Å². The van der Waals surface area contributed by atoms with Crippen LogP contribution in [-0.4, -0.2) is 34.2 Å². The van der Waals surface area contributed by atoms with Crippen molar-refractivity contribution in [1.29, 1.82) is 0 Å². The van der Waals surface area contributed by atoms with Gasteiger partial charge < -0.3 is 9.47 Å². The molecule has 8 rings (SSSR count). The van der Waals surface area contributed by atoms with Crippen molar-refractivity contribution in [3.05, 3.63) is 184 Å². The summed E-state index contributed by atoms with van der Waals surface area (Å²) in [6, 6.07) is 52.9. The number of ether oxygens (including phenoxy) is 2. The number of nitrogens with zero attached hydrogens (tertiary/aromatic N) is 4. The molecule has 0 saturated heterocycles. The maximum atomic E-state index is 7.61. The van der Waals surface area contributed by atoms with E-state index in [-0.39, 0.29) is 0 Å². The van der Waals surface area contributed by atoms with Crippen LogP contribution in [0.3, 0.4) is 0 Å². The van der Waals surface area contributed by atoms with Crippen molar-refractivity contribution in [2.75, 3.05) is 13.2 Å². The van der Waals surface area contributed by atoms with Crippen LogP contribution in [0.25, 0.3) is 33.9 Å². The average Bonchev–Trinajstić information content (AvgIpc) is 3.96. The maximum Gasteiger partial charge on any atom is 0.263 e. The van der Waals surface area contributed by atoms with Gasteiger partial charge in [-0.2, -0.15) is 0 Å². The lowest BCUT2D eigenvalue weighted by atomic mass is 10.0. The summed E-state index contributed by atoms with van der Waals surface area (Å²) in [5.41, 5.74) is 8.11. The van der Waals surface area contributed by atoms with Crippen LogP contribution in [0.5, 0.6) is 11.5 Å². The van der Waals surface area contributed by atoms with Crippen LogP contribution in [0.1, 0.15) is 108 Å². The number of imidazole rings is 1. The Morgan fingerprint density at radius 3 is 1.39 bits per heavy atom. The van der Waals surface area contributed by atoms with Gasteiger partial charge in [-0.1, -0.05) is 223 Å². The number of aromatic nitrogens is 2. The highest BCUT2D eigenvalue weighted by molar-refractivity contribution is 6.54. The van der Waals surface area contributed by atoms with Crippen molar-refractivity contribution in [1.82, 2.24) is 9.55 Å². The largest absolute Gasteiger partial charge is 0.494 e. The Labute approximate surface area is 401 Å². The van der Waals surface area contributed by atoms with E-state index in [1.54, 1.807) is 0 Å². The van der Waals surface area contributed by atoms with Gasteiger partial charge in [0.1, 0.15) is 17.3 Å². The van der Waals surface area contributed by atoms with Gasteiger partial charge in [0, 0.05) is 33.4 Å². The van der Waals surface area contributed by atoms with Crippen molar-refractivity contribution in [3.8, 4) is 45.4 Å². The third kappa shape index (κ3) is 10.8.